The Hall–Kier alpha value is -1.16. The summed E-state index contributed by atoms with van der Waals surface area (Å²) in [5.74, 6) is 1.56. The molecule has 1 aromatic rings. The predicted octanol–water partition coefficient (Wildman–Crippen LogP) is 1.59. The summed E-state index contributed by atoms with van der Waals surface area (Å²) >= 11 is 0. The third-order valence-corrected chi connectivity index (χ3v) is 2.70. The molecule has 0 bridgehead atoms. The first-order chi connectivity index (χ1) is 7.70. The van der Waals surface area contributed by atoms with Gasteiger partial charge in [0.1, 0.15) is 5.82 Å². The molecular formula is C12H19N3O. The number of anilines is 1. The fourth-order valence-corrected chi connectivity index (χ4v) is 1.79. The van der Waals surface area contributed by atoms with Crippen molar-refractivity contribution in [2.45, 2.75) is 39.3 Å². The van der Waals surface area contributed by atoms with E-state index in [0.29, 0.717) is 17.7 Å². The third kappa shape index (κ3) is 2.70. The summed E-state index contributed by atoms with van der Waals surface area (Å²) < 4.78 is 0. The third-order valence-electron chi connectivity index (χ3n) is 2.70. The van der Waals surface area contributed by atoms with Crippen molar-refractivity contribution < 1.29 is 5.11 Å². The van der Waals surface area contributed by atoms with Gasteiger partial charge in [-0.1, -0.05) is 13.8 Å². The molecular weight excluding hydrogens is 202 g/mol. The van der Waals surface area contributed by atoms with Crippen LogP contribution in [0.4, 0.5) is 5.82 Å². The smallest absolute Gasteiger partial charge is 0.147 e. The van der Waals surface area contributed by atoms with Crippen molar-refractivity contribution >= 4 is 5.82 Å². The fraction of sp³-hybridized carbons (Fsp3) is 0.667. The molecule has 1 aromatic heterocycles. The first-order valence-electron chi connectivity index (χ1n) is 5.89. The summed E-state index contributed by atoms with van der Waals surface area (Å²) in [6, 6.07) is 0.650. The van der Waals surface area contributed by atoms with Gasteiger partial charge in [-0.3, -0.25) is 4.98 Å². The van der Waals surface area contributed by atoms with Crippen molar-refractivity contribution in [3.05, 3.63) is 18.1 Å². The van der Waals surface area contributed by atoms with Crippen LogP contribution in [0.5, 0.6) is 0 Å². The van der Waals surface area contributed by atoms with Crippen LogP contribution in [-0.4, -0.2) is 27.7 Å². The van der Waals surface area contributed by atoms with E-state index in [2.05, 4.69) is 28.7 Å². The largest absolute Gasteiger partial charge is 0.390 e. The average molecular weight is 221 g/mol. The summed E-state index contributed by atoms with van der Waals surface area (Å²) in [6.45, 7) is 5.41. The molecule has 2 rings (SSSR count). The molecule has 0 radical (unpaired) electrons. The molecule has 0 aromatic carbocycles. The highest BCUT2D eigenvalue weighted by Crippen LogP contribution is 2.30. The molecule has 1 N–H and O–H groups in total. The van der Waals surface area contributed by atoms with E-state index >= 15 is 0 Å². The van der Waals surface area contributed by atoms with Crippen molar-refractivity contribution in [1.29, 1.82) is 0 Å². The first-order valence-corrected chi connectivity index (χ1v) is 5.89. The van der Waals surface area contributed by atoms with Crippen molar-refractivity contribution in [2.75, 3.05) is 11.4 Å². The maximum atomic E-state index is 8.92. The van der Waals surface area contributed by atoms with Gasteiger partial charge in [0.15, 0.2) is 0 Å². The van der Waals surface area contributed by atoms with Gasteiger partial charge < -0.3 is 10.0 Å². The number of nitrogens with zero attached hydrogens (tertiary/aromatic N) is 3. The number of aromatic nitrogens is 2. The lowest BCUT2D eigenvalue weighted by Gasteiger charge is -2.25. The fourth-order valence-electron chi connectivity index (χ4n) is 1.79. The molecule has 0 amide bonds. The minimum atomic E-state index is -0.0408. The second kappa shape index (κ2) is 4.78. The van der Waals surface area contributed by atoms with Crippen molar-refractivity contribution in [2.24, 2.45) is 5.92 Å². The summed E-state index contributed by atoms with van der Waals surface area (Å²) in [5, 5.41) is 8.92. The number of aliphatic hydroxyl groups excluding tert-OH is 1. The lowest BCUT2D eigenvalue weighted by Crippen LogP contribution is -2.30. The van der Waals surface area contributed by atoms with E-state index in [-0.39, 0.29) is 6.61 Å². The maximum absolute atomic E-state index is 8.92. The second-order valence-electron chi connectivity index (χ2n) is 4.80. The Morgan fingerprint density at radius 2 is 2.12 bits per heavy atom. The van der Waals surface area contributed by atoms with E-state index < -0.39 is 0 Å². The minimum absolute atomic E-state index is 0.0408. The van der Waals surface area contributed by atoms with Crippen LogP contribution in [0.2, 0.25) is 0 Å². The van der Waals surface area contributed by atoms with Crippen molar-refractivity contribution in [3.63, 3.8) is 0 Å². The van der Waals surface area contributed by atoms with Crippen LogP contribution >= 0.6 is 0 Å². The molecule has 1 aliphatic rings. The lowest BCUT2D eigenvalue weighted by atomic mass is 10.2. The molecule has 1 aliphatic carbocycles. The van der Waals surface area contributed by atoms with Crippen molar-refractivity contribution in [1.82, 2.24) is 9.97 Å². The number of hydrogen-bond donors (Lipinski definition) is 1. The van der Waals surface area contributed by atoms with Gasteiger partial charge in [-0.25, -0.2) is 4.98 Å². The van der Waals surface area contributed by atoms with E-state index in [1.54, 1.807) is 12.4 Å². The van der Waals surface area contributed by atoms with Gasteiger partial charge in [-0.2, -0.15) is 0 Å². The predicted molar refractivity (Wildman–Crippen MR) is 63.2 cm³/mol. The molecule has 0 saturated heterocycles. The van der Waals surface area contributed by atoms with Crippen LogP contribution in [0.25, 0.3) is 0 Å². The highest BCUT2D eigenvalue weighted by Gasteiger charge is 2.30. The van der Waals surface area contributed by atoms with E-state index in [1.165, 1.54) is 12.8 Å². The quantitative estimate of drug-likeness (QED) is 0.820. The molecule has 1 heterocycles. The van der Waals surface area contributed by atoms with Gasteiger partial charge in [0.25, 0.3) is 0 Å². The Morgan fingerprint density at radius 1 is 1.38 bits per heavy atom. The van der Waals surface area contributed by atoms with Gasteiger partial charge >= 0.3 is 0 Å². The molecule has 1 saturated carbocycles. The summed E-state index contributed by atoms with van der Waals surface area (Å²) in [6.07, 6.45) is 5.95. The molecule has 0 spiro atoms. The zero-order valence-electron chi connectivity index (χ0n) is 9.93. The first kappa shape index (κ1) is 11.3. The molecule has 0 aliphatic heterocycles. The second-order valence-corrected chi connectivity index (χ2v) is 4.80. The summed E-state index contributed by atoms with van der Waals surface area (Å²) in [4.78, 5) is 10.9. The lowest BCUT2D eigenvalue weighted by molar-refractivity contribution is 0.276. The van der Waals surface area contributed by atoms with Crippen molar-refractivity contribution in [3.8, 4) is 0 Å². The van der Waals surface area contributed by atoms with Gasteiger partial charge in [-0.05, 0) is 18.8 Å². The van der Waals surface area contributed by atoms with Crippen LogP contribution in [0.1, 0.15) is 32.4 Å². The summed E-state index contributed by atoms with van der Waals surface area (Å²) in [7, 11) is 0. The van der Waals surface area contributed by atoms with E-state index in [1.807, 2.05) is 0 Å². The number of rotatable bonds is 5. The Kier molecular flexibility index (Phi) is 3.39. The van der Waals surface area contributed by atoms with Crippen LogP contribution in [0.15, 0.2) is 12.4 Å². The monoisotopic (exact) mass is 221 g/mol. The van der Waals surface area contributed by atoms with E-state index in [0.717, 1.165) is 12.4 Å². The number of aliphatic hydroxyl groups is 1. The zero-order valence-corrected chi connectivity index (χ0v) is 9.93. The normalized spacial score (nSPS) is 15.5. The minimum Gasteiger partial charge on any atom is -0.390 e. The topological polar surface area (TPSA) is 49.2 Å². The molecule has 0 atom stereocenters. The molecule has 88 valence electrons. The van der Waals surface area contributed by atoms with Gasteiger partial charge in [0, 0.05) is 12.6 Å². The Balaban J connectivity index is 2.11. The maximum Gasteiger partial charge on any atom is 0.147 e. The average Bonchev–Trinajstić information content (AvgIpc) is 3.10. The van der Waals surface area contributed by atoms with Crippen LogP contribution in [-0.2, 0) is 6.61 Å². The number of hydrogen-bond acceptors (Lipinski definition) is 4. The molecule has 1 fully saturated rings. The molecule has 4 nitrogen and oxygen atoms in total. The summed E-state index contributed by atoms with van der Waals surface area (Å²) in [5.41, 5.74) is 0.629. The van der Waals surface area contributed by atoms with Crippen LogP contribution in [0.3, 0.4) is 0 Å². The highest BCUT2D eigenvalue weighted by molar-refractivity contribution is 5.39. The van der Waals surface area contributed by atoms with Gasteiger partial charge in [-0.15, -0.1) is 0 Å². The molecule has 4 heteroatoms. The van der Waals surface area contributed by atoms with E-state index in [4.69, 9.17) is 5.11 Å². The van der Waals surface area contributed by atoms with Gasteiger partial charge in [0.2, 0.25) is 0 Å². The Labute approximate surface area is 96.3 Å². The zero-order chi connectivity index (χ0) is 11.5. The van der Waals surface area contributed by atoms with Crippen LogP contribution in [0, 0.1) is 5.92 Å². The highest BCUT2D eigenvalue weighted by atomic mass is 16.3. The molecule has 0 unspecified atom stereocenters. The van der Waals surface area contributed by atoms with Crippen LogP contribution < -0.4 is 4.90 Å². The SMILES string of the molecule is CC(C)CN(c1cnc(CO)cn1)C1CC1. The van der Waals surface area contributed by atoms with Gasteiger partial charge in [0.05, 0.1) is 24.7 Å². The molecule has 16 heavy (non-hydrogen) atoms. The Bertz CT molecular complexity index is 333. The standard InChI is InChI=1S/C12H19N3O/c1-9(2)7-15(11-3-4-11)12-6-13-10(8-16)5-14-12/h5-6,9,11,16H,3-4,7-8H2,1-2H3. The Morgan fingerprint density at radius 3 is 2.56 bits per heavy atom. The van der Waals surface area contributed by atoms with E-state index in [9.17, 15) is 0 Å².